The SMILES string of the molecule is O=c1[nH]ncc(N2CCN(S(=O)(=O)c3ccc4c(c3)CCC4)CC2)c1Cl. The minimum absolute atomic E-state index is 0.0786. The predicted molar refractivity (Wildman–Crippen MR) is 99.3 cm³/mol. The molecular weight excluding hydrogens is 376 g/mol. The van der Waals surface area contributed by atoms with Gasteiger partial charge in [-0.3, -0.25) is 4.79 Å². The van der Waals surface area contributed by atoms with E-state index in [-0.39, 0.29) is 5.02 Å². The number of halogens is 1. The van der Waals surface area contributed by atoms with E-state index in [1.54, 1.807) is 6.07 Å². The second-order valence-electron chi connectivity index (χ2n) is 6.57. The number of anilines is 1. The van der Waals surface area contributed by atoms with Gasteiger partial charge in [0.2, 0.25) is 10.0 Å². The molecule has 7 nitrogen and oxygen atoms in total. The van der Waals surface area contributed by atoms with Crippen LogP contribution in [0, 0.1) is 0 Å². The fraction of sp³-hybridized carbons (Fsp3) is 0.412. The molecule has 2 heterocycles. The Morgan fingerprint density at radius 2 is 1.81 bits per heavy atom. The summed E-state index contributed by atoms with van der Waals surface area (Å²) in [6.07, 6.45) is 4.55. The van der Waals surface area contributed by atoms with Crippen LogP contribution >= 0.6 is 11.6 Å². The Morgan fingerprint density at radius 1 is 1.08 bits per heavy atom. The first-order chi connectivity index (χ1) is 12.5. The second kappa shape index (κ2) is 6.68. The molecule has 26 heavy (non-hydrogen) atoms. The van der Waals surface area contributed by atoms with E-state index in [9.17, 15) is 13.2 Å². The Kier molecular flexibility index (Phi) is 4.50. The van der Waals surface area contributed by atoms with Crippen LogP contribution in [0.3, 0.4) is 0 Å². The third-order valence-corrected chi connectivity index (χ3v) is 7.32. The predicted octanol–water partition coefficient (Wildman–Crippen LogP) is 1.42. The Hall–Kier alpha value is -1.90. The van der Waals surface area contributed by atoms with Crippen molar-refractivity contribution in [3.05, 3.63) is 50.9 Å². The topological polar surface area (TPSA) is 86.4 Å². The first-order valence-corrected chi connectivity index (χ1v) is 10.4. The van der Waals surface area contributed by atoms with Crippen molar-refractivity contribution in [1.29, 1.82) is 0 Å². The third-order valence-electron chi connectivity index (χ3n) is 5.06. The average molecular weight is 395 g/mol. The van der Waals surface area contributed by atoms with Gasteiger partial charge >= 0.3 is 0 Å². The molecule has 0 atom stereocenters. The maximum Gasteiger partial charge on any atom is 0.285 e. The molecule has 0 bridgehead atoms. The fourth-order valence-corrected chi connectivity index (χ4v) is 5.31. The van der Waals surface area contributed by atoms with Crippen LogP contribution in [0.1, 0.15) is 17.5 Å². The largest absolute Gasteiger partial charge is 0.366 e. The number of aromatic amines is 1. The van der Waals surface area contributed by atoms with Crippen LogP contribution in [0.25, 0.3) is 0 Å². The summed E-state index contributed by atoms with van der Waals surface area (Å²) < 4.78 is 27.4. The monoisotopic (exact) mass is 394 g/mol. The normalized spacial score (nSPS) is 18.1. The molecule has 1 aliphatic heterocycles. The van der Waals surface area contributed by atoms with Gasteiger partial charge in [0.15, 0.2) is 0 Å². The molecule has 1 aliphatic carbocycles. The number of aryl methyl sites for hydroxylation is 2. The molecule has 1 N–H and O–H groups in total. The number of benzene rings is 1. The maximum absolute atomic E-state index is 13.0. The van der Waals surface area contributed by atoms with E-state index in [4.69, 9.17) is 11.6 Å². The number of nitrogens with one attached hydrogen (secondary N) is 1. The molecule has 138 valence electrons. The molecule has 0 radical (unpaired) electrons. The molecule has 2 aliphatic rings. The van der Waals surface area contributed by atoms with E-state index in [0.29, 0.717) is 36.8 Å². The Balaban J connectivity index is 1.52. The van der Waals surface area contributed by atoms with Gasteiger partial charge in [-0.1, -0.05) is 17.7 Å². The van der Waals surface area contributed by atoms with Gasteiger partial charge in [-0.15, -0.1) is 0 Å². The van der Waals surface area contributed by atoms with Crippen molar-refractivity contribution >= 4 is 27.3 Å². The maximum atomic E-state index is 13.0. The van der Waals surface area contributed by atoms with Crippen molar-refractivity contribution in [2.24, 2.45) is 0 Å². The van der Waals surface area contributed by atoms with Gasteiger partial charge in [0, 0.05) is 26.2 Å². The summed E-state index contributed by atoms with van der Waals surface area (Å²) in [4.78, 5) is 13.9. The van der Waals surface area contributed by atoms with Gasteiger partial charge < -0.3 is 4.90 Å². The van der Waals surface area contributed by atoms with Crippen LogP contribution in [0.2, 0.25) is 5.02 Å². The zero-order valence-corrected chi connectivity index (χ0v) is 15.7. The van der Waals surface area contributed by atoms with Gasteiger partial charge in [-0.25, -0.2) is 13.5 Å². The molecular formula is C17H19ClN4O3S. The van der Waals surface area contributed by atoms with Crippen LogP contribution in [-0.2, 0) is 22.9 Å². The Labute approximate surface area is 156 Å². The standard InChI is InChI=1S/C17H19ClN4O3S/c18-16-15(11-19-20-17(16)23)21-6-8-22(9-7-21)26(24,25)14-5-4-12-2-1-3-13(12)10-14/h4-5,10-11H,1-3,6-9H2,(H,20,23). The lowest BCUT2D eigenvalue weighted by atomic mass is 10.1. The number of piperazine rings is 1. The summed E-state index contributed by atoms with van der Waals surface area (Å²) >= 11 is 6.05. The van der Waals surface area contributed by atoms with E-state index in [1.165, 1.54) is 16.1 Å². The Bertz CT molecular complexity index is 997. The molecule has 2 aromatic rings. The highest BCUT2D eigenvalue weighted by Crippen LogP contribution is 2.28. The van der Waals surface area contributed by atoms with Crippen molar-refractivity contribution in [3.63, 3.8) is 0 Å². The summed E-state index contributed by atoms with van der Waals surface area (Å²) in [6, 6.07) is 5.47. The first kappa shape index (κ1) is 17.5. The van der Waals surface area contributed by atoms with Gasteiger partial charge in [-0.05, 0) is 42.5 Å². The number of hydrogen-bond acceptors (Lipinski definition) is 5. The number of fused-ring (bicyclic) bond motifs is 1. The number of nitrogens with zero attached hydrogens (tertiary/aromatic N) is 3. The molecule has 1 saturated heterocycles. The third kappa shape index (κ3) is 3.02. The number of hydrogen-bond donors (Lipinski definition) is 1. The minimum Gasteiger partial charge on any atom is -0.366 e. The molecule has 1 fully saturated rings. The lowest BCUT2D eigenvalue weighted by Gasteiger charge is -2.35. The molecule has 0 unspecified atom stereocenters. The highest BCUT2D eigenvalue weighted by Gasteiger charge is 2.30. The van der Waals surface area contributed by atoms with Crippen molar-refractivity contribution in [1.82, 2.24) is 14.5 Å². The highest BCUT2D eigenvalue weighted by atomic mass is 35.5. The number of aromatic nitrogens is 2. The van der Waals surface area contributed by atoms with Crippen LogP contribution < -0.4 is 10.5 Å². The second-order valence-corrected chi connectivity index (χ2v) is 8.89. The quantitative estimate of drug-likeness (QED) is 0.850. The van der Waals surface area contributed by atoms with E-state index in [1.807, 2.05) is 17.0 Å². The zero-order chi connectivity index (χ0) is 18.3. The average Bonchev–Trinajstić information content (AvgIpc) is 3.12. The van der Waals surface area contributed by atoms with Gasteiger partial charge in [0.1, 0.15) is 5.02 Å². The van der Waals surface area contributed by atoms with E-state index in [0.717, 1.165) is 24.8 Å². The van der Waals surface area contributed by atoms with Crippen molar-refractivity contribution in [3.8, 4) is 0 Å². The lowest BCUT2D eigenvalue weighted by Crippen LogP contribution is -2.49. The first-order valence-electron chi connectivity index (χ1n) is 8.57. The van der Waals surface area contributed by atoms with Gasteiger partial charge in [-0.2, -0.15) is 9.40 Å². The molecule has 9 heteroatoms. The van der Waals surface area contributed by atoms with Crippen LogP contribution in [0.4, 0.5) is 5.69 Å². The zero-order valence-electron chi connectivity index (χ0n) is 14.1. The smallest absolute Gasteiger partial charge is 0.285 e. The molecule has 0 spiro atoms. The van der Waals surface area contributed by atoms with Gasteiger partial charge in [0.05, 0.1) is 16.8 Å². The molecule has 4 rings (SSSR count). The summed E-state index contributed by atoms with van der Waals surface area (Å²) in [5, 5.41) is 6.14. The fourth-order valence-electron chi connectivity index (χ4n) is 3.62. The number of rotatable bonds is 3. The molecule has 0 saturated carbocycles. The summed E-state index contributed by atoms with van der Waals surface area (Å²) in [5.74, 6) is 0. The molecule has 0 amide bonds. The van der Waals surface area contributed by atoms with E-state index in [2.05, 4.69) is 10.2 Å². The minimum atomic E-state index is -3.52. The summed E-state index contributed by atoms with van der Waals surface area (Å²) in [6.45, 7) is 1.58. The van der Waals surface area contributed by atoms with E-state index >= 15 is 0 Å². The summed E-state index contributed by atoms with van der Waals surface area (Å²) in [5.41, 5.74) is 2.48. The lowest BCUT2D eigenvalue weighted by molar-refractivity contribution is 0.384. The van der Waals surface area contributed by atoms with E-state index < -0.39 is 15.6 Å². The Morgan fingerprint density at radius 3 is 2.58 bits per heavy atom. The van der Waals surface area contributed by atoms with Crippen LogP contribution in [-0.4, -0.2) is 49.1 Å². The van der Waals surface area contributed by atoms with Crippen LogP contribution in [0.15, 0.2) is 34.1 Å². The highest BCUT2D eigenvalue weighted by molar-refractivity contribution is 7.89. The van der Waals surface area contributed by atoms with Gasteiger partial charge in [0.25, 0.3) is 5.56 Å². The van der Waals surface area contributed by atoms with Crippen LogP contribution in [0.5, 0.6) is 0 Å². The molecule has 1 aromatic heterocycles. The number of sulfonamides is 1. The number of H-pyrrole nitrogens is 1. The van der Waals surface area contributed by atoms with Crippen molar-refractivity contribution in [2.75, 3.05) is 31.1 Å². The molecule has 1 aromatic carbocycles. The van der Waals surface area contributed by atoms with Crippen molar-refractivity contribution < 1.29 is 8.42 Å². The summed E-state index contributed by atoms with van der Waals surface area (Å²) in [7, 11) is -3.52. The van der Waals surface area contributed by atoms with Crippen molar-refractivity contribution in [2.45, 2.75) is 24.2 Å².